The van der Waals surface area contributed by atoms with Crippen molar-refractivity contribution in [1.82, 2.24) is 10.6 Å². The van der Waals surface area contributed by atoms with E-state index < -0.39 is 17.5 Å². The van der Waals surface area contributed by atoms with Crippen LogP contribution in [-0.2, 0) is 10.3 Å². The van der Waals surface area contributed by atoms with E-state index in [0.29, 0.717) is 11.1 Å². The van der Waals surface area contributed by atoms with Crippen molar-refractivity contribution in [2.24, 2.45) is 5.73 Å². The summed E-state index contributed by atoms with van der Waals surface area (Å²) in [6.07, 6.45) is 0. The van der Waals surface area contributed by atoms with Gasteiger partial charge in [-0.3, -0.25) is 15.5 Å². The number of nitrogens with one attached hydrogen (secondary N) is 3. The highest BCUT2D eigenvalue weighted by atomic mass is 35.5. The number of benzene rings is 1. The van der Waals surface area contributed by atoms with Gasteiger partial charge in [-0.05, 0) is 12.5 Å². The molecule has 6 nitrogen and oxygen atoms in total. The number of amides is 3. The van der Waals surface area contributed by atoms with Gasteiger partial charge in [0.05, 0.1) is 0 Å². The highest BCUT2D eigenvalue weighted by molar-refractivity contribution is 6.07. The number of halogens is 1. The zero-order valence-corrected chi connectivity index (χ0v) is 10.4. The number of urea groups is 1. The molecule has 1 aliphatic rings. The number of hydrogen-bond acceptors (Lipinski definition) is 3. The summed E-state index contributed by atoms with van der Waals surface area (Å²) in [5.41, 5.74) is 5.49. The Hall–Kier alpha value is -2.08. The first kappa shape index (κ1) is 14.0. The van der Waals surface area contributed by atoms with Crippen LogP contribution in [0.25, 0.3) is 0 Å². The van der Waals surface area contributed by atoms with Crippen molar-refractivity contribution < 1.29 is 9.59 Å². The maximum Gasteiger partial charge on any atom is 0.322 e. The molecule has 0 bridgehead atoms. The number of nitrogens with two attached hydrogens (primary N) is 1. The SMILES string of the molecule is C[C@]1(c2ccc(C(=N)N)cc2)NC(=O)NC1=O.Cl. The van der Waals surface area contributed by atoms with Crippen molar-refractivity contribution in [3.8, 4) is 0 Å². The summed E-state index contributed by atoms with van der Waals surface area (Å²) in [7, 11) is 0. The van der Waals surface area contributed by atoms with E-state index in [1.165, 1.54) is 0 Å². The van der Waals surface area contributed by atoms with Gasteiger partial charge in [-0.1, -0.05) is 24.3 Å². The number of amidine groups is 1. The average molecular weight is 269 g/mol. The maximum atomic E-state index is 11.7. The Labute approximate surface area is 110 Å². The standard InChI is InChI=1S/C11H12N4O2.ClH/c1-11(9(16)14-10(17)15-11)7-4-2-6(3-5-7)8(12)13;/h2-5H,1H3,(H3,12,13)(H2,14,15,16,17);1H/t11-;/m1./s1. The maximum absolute atomic E-state index is 11.7. The topological polar surface area (TPSA) is 108 Å². The van der Waals surface area contributed by atoms with Crippen LogP contribution < -0.4 is 16.4 Å². The second-order valence-corrected chi connectivity index (χ2v) is 4.02. The van der Waals surface area contributed by atoms with Crippen LogP contribution in [-0.4, -0.2) is 17.8 Å². The molecule has 96 valence electrons. The lowest BCUT2D eigenvalue weighted by atomic mass is 9.91. The minimum absolute atomic E-state index is 0. The molecule has 0 aliphatic carbocycles. The lowest BCUT2D eigenvalue weighted by Crippen LogP contribution is -2.40. The number of hydrogen-bond donors (Lipinski definition) is 4. The monoisotopic (exact) mass is 268 g/mol. The molecule has 0 saturated carbocycles. The molecule has 0 unspecified atom stereocenters. The van der Waals surface area contributed by atoms with Gasteiger partial charge < -0.3 is 11.1 Å². The van der Waals surface area contributed by atoms with Crippen LogP contribution in [0.15, 0.2) is 24.3 Å². The van der Waals surface area contributed by atoms with E-state index in [0.717, 1.165) is 0 Å². The fraction of sp³-hybridized carbons (Fsp3) is 0.182. The summed E-state index contributed by atoms with van der Waals surface area (Å²) in [6, 6.07) is 6.11. The molecule has 0 radical (unpaired) electrons. The normalized spacial score (nSPS) is 21.8. The molecule has 0 spiro atoms. The third-order valence-electron chi connectivity index (χ3n) is 2.82. The summed E-state index contributed by atoms with van der Waals surface area (Å²) >= 11 is 0. The summed E-state index contributed by atoms with van der Waals surface area (Å²) in [5, 5.41) is 12.0. The van der Waals surface area contributed by atoms with Gasteiger partial charge in [0.2, 0.25) is 0 Å². The number of nitrogen functional groups attached to an aromatic ring is 1. The van der Waals surface area contributed by atoms with Crippen LogP contribution in [0.5, 0.6) is 0 Å². The number of rotatable bonds is 2. The lowest BCUT2D eigenvalue weighted by molar-refractivity contribution is -0.123. The lowest BCUT2D eigenvalue weighted by Gasteiger charge is -2.21. The molecule has 1 heterocycles. The molecule has 2 rings (SSSR count). The Morgan fingerprint density at radius 1 is 1.28 bits per heavy atom. The van der Waals surface area contributed by atoms with Crippen LogP contribution in [0.4, 0.5) is 4.79 Å². The van der Waals surface area contributed by atoms with Crippen molar-refractivity contribution in [2.45, 2.75) is 12.5 Å². The van der Waals surface area contributed by atoms with E-state index in [-0.39, 0.29) is 18.2 Å². The van der Waals surface area contributed by atoms with Gasteiger partial charge in [0, 0.05) is 5.56 Å². The molecular weight excluding hydrogens is 256 g/mol. The quantitative estimate of drug-likeness (QED) is 0.355. The third-order valence-corrected chi connectivity index (χ3v) is 2.82. The molecule has 1 fully saturated rings. The van der Waals surface area contributed by atoms with Crippen molar-refractivity contribution >= 4 is 30.2 Å². The van der Waals surface area contributed by atoms with Gasteiger partial charge in [0.25, 0.3) is 5.91 Å². The molecule has 0 aromatic heterocycles. The van der Waals surface area contributed by atoms with Crippen molar-refractivity contribution in [3.05, 3.63) is 35.4 Å². The molecule has 7 heteroatoms. The number of carbonyl (C=O) groups excluding carboxylic acids is 2. The molecule has 5 N–H and O–H groups in total. The first-order valence-corrected chi connectivity index (χ1v) is 5.02. The fourth-order valence-electron chi connectivity index (χ4n) is 1.73. The van der Waals surface area contributed by atoms with Crippen LogP contribution in [0.2, 0.25) is 0 Å². The molecule has 1 saturated heterocycles. The van der Waals surface area contributed by atoms with E-state index in [4.69, 9.17) is 11.1 Å². The molecule has 3 amide bonds. The second kappa shape index (κ2) is 4.66. The smallest absolute Gasteiger partial charge is 0.322 e. The Balaban J connectivity index is 0.00000162. The zero-order chi connectivity index (χ0) is 12.6. The van der Waals surface area contributed by atoms with E-state index >= 15 is 0 Å². The van der Waals surface area contributed by atoms with Gasteiger partial charge in [-0.15, -0.1) is 12.4 Å². The van der Waals surface area contributed by atoms with Gasteiger partial charge >= 0.3 is 6.03 Å². The Morgan fingerprint density at radius 2 is 1.83 bits per heavy atom. The second-order valence-electron chi connectivity index (χ2n) is 4.02. The predicted octanol–water partition coefficient (Wildman–Crippen LogP) is 0.447. The van der Waals surface area contributed by atoms with Gasteiger partial charge in [-0.25, -0.2) is 4.79 Å². The van der Waals surface area contributed by atoms with Crippen LogP contribution in [0.1, 0.15) is 18.1 Å². The Bertz CT molecular complexity index is 514. The highest BCUT2D eigenvalue weighted by Gasteiger charge is 2.43. The van der Waals surface area contributed by atoms with Gasteiger partial charge in [0.15, 0.2) is 0 Å². The van der Waals surface area contributed by atoms with Crippen LogP contribution in [0.3, 0.4) is 0 Å². The minimum Gasteiger partial charge on any atom is -0.384 e. The summed E-state index contributed by atoms with van der Waals surface area (Å²) in [5.74, 6) is -0.431. The summed E-state index contributed by atoms with van der Waals surface area (Å²) < 4.78 is 0. The summed E-state index contributed by atoms with van der Waals surface area (Å²) in [4.78, 5) is 22.8. The van der Waals surface area contributed by atoms with Gasteiger partial charge in [0.1, 0.15) is 11.4 Å². The fourth-order valence-corrected chi connectivity index (χ4v) is 1.73. The third kappa shape index (κ3) is 2.14. The first-order valence-electron chi connectivity index (χ1n) is 5.02. The molecule has 1 aromatic rings. The minimum atomic E-state index is -1.06. The zero-order valence-electron chi connectivity index (χ0n) is 9.61. The highest BCUT2D eigenvalue weighted by Crippen LogP contribution is 2.24. The Kier molecular flexibility index (Phi) is 3.62. The molecule has 1 aromatic carbocycles. The molecule has 18 heavy (non-hydrogen) atoms. The van der Waals surface area contributed by atoms with Crippen molar-refractivity contribution in [2.75, 3.05) is 0 Å². The number of carbonyl (C=O) groups is 2. The van der Waals surface area contributed by atoms with E-state index in [9.17, 15) is 9.59 Å². The predicted molar refractivity (Wildman–Crippen MR) is 68.7 cm³/mol. The van der Waals surface area contributed by atoms with Crippen molar-refractivity contribution in [3.63, 3.8) is 0 Å². The number of imide groups is 1. The Morgan fingerprint density at radius 3 is 2.22 bits per heavy atom. The van der Waals surface area contributed by atoms with Crippen molar-refractivity contribution in [1.29, 1.82) is 5.41 Å². The van der Waals surface area contributed by atoms with Gasteiger partial charge in [-0.2, -0.15) is 0 Å². The van der Waals surface area contributed by atoms with E-state index in [2.05, 4.69) is 10.6 Å². The van der Waals surface area contributed by atoms with E-state index in [1.54, 1.807) is 31.2 Å². The average Bonchev–Trinajstić information content (AvgIpc) is 2.54. The molecule has 1 atom stereocenters. The largest absolute Gasteiger partial charge is 0.384 e. The van der Waals surface area contributed by atoms with E-state index in [1.807, 2.05) is 0 Å². The van der Waals surface area contributed by atoms with Crippen LogP contribution >= 0.6 is 12.4 Å². The molecular formula is C11H13ClN4O2. The summed E-state index contributed by atoms with van der Waals surface area (Å²) in [6.45, 7) is 1.62. The first-order chi connectivity index (χ1) is 7.93. The molecule has 1 aliphatic heterocycles. The van der Waals surface area contributed by atoms with Crippen LogP contribution in [0, 0.1) is 5.41 Å².